The van der Waals surface area contributed by atoms with Crippen LogP contribution in [-0.2, 0) is 15.1 Å². The number of aromatic nitrogens is 4. The molecule has 11 nitrogen and oxygen atoms in total. The highest BCUT2D eigenvalue weighted by Crippen LogP contribution is 2.48. The van der Waals surface area contributed by atoms with Crippen LogP contribution in [0.3, 0.4) is 0 Å². The minimum atomic E-state index is -3.02. The zero-order chi connectivity index (χ0) is 37.6. The number of amides is 2. The molecule has 4 aromatic rings. The lowest BCUT2D eigenvalue weighted by atomic mass is 9.71. The first-order chi connectivity index (χ1) is 23.8. The summed E-state index contributed by atoms with van der Waals surface area (Å²) in [6.45, 7) is 11.5. The lowest BCUT2D eigenvalue weighted by Gasteiger charge is -2.37. The number of alkyl carbamates (subject to hydrolysis) is 1. The van der Waals surface area contributed by atoms with E-state index < -0.39 is 59.8 Å². The molecule has 0 spiro atoms. The van der Waals surface area contributed by atoms with Crippen molar-refractivity contribution in [3.63, 3.8) is 0 Å². The number of carbonyl (C=O) groups is 2. The monoisotopic (exact) mass is 792 g/mol. The number of nitrogens with zero attached hydrogens (tertiary/aromatic N) is 6. The van der Waals surface area contributed by atoms with Crippen molar-refractivity contribution in [1.82, 2.24) is 30.0 Å². The van der Waals surface area contributed by atoms with E-state index in [1.807, 2.05) is 26.8 Å². The minimum Gasteiger partial charge on any atom is -0.447 e. The van der Waals surface area contributed by atoms with Gasteiger partial charge in [0.2, 0.25) is 5.96 Å². The maximum absolute atomic E-state index is 15.1. The van der Waals surface area contributed by atoms with E-state index in [0.29, 0.717) is 26.5 Å². The normalized spacial score (nSPS) is 17.3. The molecule has 2 amide bonds. The Morgan fingerprint density at radius 1 is 1.10 bits per heavy atom. The SMILES string of the molecule is C=C(C(C)(C)C)[C@]1(c2ccc3ncc(Br)cc3c2)N=C(N)N([C@H](COC(=O)NC(C)(C)C(F)F)c2ccc(Cl)c(-n3ncnc3C(F)F)c2)C1=O. The van der Waals surface area contributed by atoms with Gasteiger partial charge in [-0.3, -0.25) is 14.7 Å². The second-order valence-electron chi connectivity index (χ2n) is 13.4. The lowest BCUT2D eigenvalue weighted by Crippen LogP contribution is -2.50. The summed E-state index contributed by atoms with van der Waals surface area (Å²) in [7, 11) is 0. The van der Waals surface area contributed by atoms with E-state index in [2.05, 4.69) is 42.9 Å². The molecule has 3 heterocycles. The van der Waals surface area contributed by atoms with Gasteiger partial charge in [0.05, 0.1) is 27.8 Å². The summed E-state index contributed by atoms with van der Waals surface area (Å²) in [5.41, 5.74) is 3.75. The Morgan fingerprint density at radius 2 is 1.80 bits per heavy atom. The number of fused-ring (bicyclic) bond motifs is 1. The molecule has 1 aliphatic rings. The number of nitrogens with one attached hydrogen (secondary N) is 1. The molecular weight excluding hydrogens is 760 g/mol. The van der Waals surface area contributed by atoms with Crippen LogP contribution in [0.5, 0.6) is 0 Å². The van der Waals surface area contributed by atoms with Crippen molar-refractivity contribution in [3.8, 4) is 5.69 Å². The van der Waals surface area contributed by atoms with E-state index >= 15 is 4.79 Å². The number of hydrogen-bond donors (Lipinski definition) is 2. The topological polar surface area (TPSA) is 141 Å². The maximum Gasteiger partial charge on any atom is 0.407 e. The lowest BCUT2D eigenvalue weighted by molar-refractivity contribution is -0.133. The number of carbonyl (C=O) groups excluding carboxylic acids is 2. The first kappa shape index (κ1) is 37.7. The van der Waals surface area contributed by atoms with Gasteiger partial charge in [-0.1, -0.05) is 51.1 Å². The van der Waals surface area contributed by atoms with Crippen molar-refractivity contribution in [2.24, 2.45) is 16.1 Å². The van der Waals surface area contributed by atoms with Gasteiger partial charge < -0.3 is 15.8 Å². The van der Waals surface area contributed by atoms with Crippen LogP contribution in [0, 0.1) is 5.41 Å². The zero-order valence-electron chi connectivity index (χ0n) is 28.1. The van der Waals surface area contributed by atoms with Gasteiger partial charge in [0.15, 0.2) is 11.4 Å². The first-order valence-electron chi connectivity index (χ1n) is 15.4. The number of benzene rings is 2. The van der Waals surface area contributed by atoms with E-state index in [1.54, 1.807) is 24.4 Å². The molecule has 2 aromatic carbocycles. The number of ether oxygens (including phenoxy) is 1. The van der Waals surface area contributed by atoms with Gasteiger partial charge in [0.1, 0.15) is 12.9 Å². The molecule has 5 rings (SSSR count). The van der Waals surface area contributed by atoms with Gasteiger partial charge in [0.25, 0.3) is 18.8 Å². The van der Waals surface area contributed by atoms with E-state index in [-0.39, 0.29) is 22.2 Å². The van der Waals surface area contributed by atoms with Crippen LogP contribution >= 0.6 is 27.5 Å². The predicted molar refractivity (Wildman–Crippen MR) is 187 cm³/mol. The molecule has 0 fully saturated rings. The number of pyridine rings is 1. The highest BCUT2D eigenvalue weighted by atomic mass is 79.9. The van der Waals surface area contributed by atoms with Crippen molar-refractivity contribution < 1.29 is 31.9 Å². The summed E-state index contributed by atoms with van der Waals surface area (Å²) in [5, 5.41) is 6.70. The number of rotatable bonds is 10. The second kappa shape index (κ2) is 13.9. The van der Waals surface area contributed by atoms with Crippen molar-refractivity contribution >= 4 is 56.4 Å². The molecule has 0 saturated carbocycles. The summed E-state index contributed by atoms with van der Waals surface area (Å²) in [6, 6.07) is 9.92. The largest absolute Gasteiger partial charge is 0.447 e. The van der Waals surface area contributed by atoms with E-state index in [0.717, 1.165) is 29.8 Å². The van der Waals surface area contributed by atoms with Crippen LogP contribution in [0.1, 0.15) is 64.0 Å². The van der Waals surface area contributed by atoms with Gasteiger partial charge in [-0.15, -0.1) is 0 Å². The molecule has 0 bridgehead atoms. The number of guanidine groups is 1. The third-order valence-corrected chi connectivity index (χ3v) is 9.22. The van der Waals surface area contributed by atoms with Crippen molar-refractivity contribution in [2.75, 3.05) is 6.61 Å². The number of aliphatic imine (C=N–C) groups is 1. The molecule has 17 heteroatoms. The number of hydrogen-bond acceptors (Lipinski definition) is 8. The van der Waals surface area contributed by atoms with Crippen molar-refractivity contribution in [2.45, 2.75) is 64.6 Å². The Bertz CT molecular complexity index is 2050. The third kappa shape index (κ3) is 7.16. The van der Waals surface area contributed by atoms with Crippen molar-refractivity contribution in [3.05, 3.63) is 93.6 Å². The van der Waals surface area contributed by atoms with E-state index in [1.165, 1.54) is 18.2 Å². The van der Waals surface area contributed by atoms with Crippen LogP contribution in [0.25, 0.3) is 16.6 Å². The fourth-order valence-electron chi connectivity index (χ4n) is 5.60. The first-order valence-corrected chi connectivity index (χ1v) is 16.6. The summed E-state index contributed by atoms with van der Waals surface area (Å²) in [6.07, 6.45) is -4.60. The van der Waals surface area contributed by atoms with Crippen LogP contribution < -0.4 is 11.1 Å². The molecular formula is C34H34BrClF4N8O3. The van der Waals surface area contributed by atoms with Gasteiger partial charge in [0, 0.05) is 16.1 Å². The zero-order valence-corrected chi connectivity index (χ0v) is 30.4. The molecule has 270 valence electrons. The molecule has 0 aliphatic carbocycles. The summed E-state index contributed by atoms with van der Waals surface area (Å²) < 4.78 is 61.8. The van der Waals surface area contributed by atoms with E-state index in [9.17, 15) is 22.4 Å². The van der Waals surface area contributed by atoms with Gasteiger partial charge in [-0.05, 0) is 82.2 Å². The highest BCUT2D eigenvalue weighted by molar-refractivity contribution is 9.10. The molecule has 2 atom stereocenters. The molecule has 0 unspecified atom stereocenters. The standard InChI is InChI=1S/C34H34BrClF4N8O3/c1-17(32(2,3)4)34(20-8-10-23-19(11-20)12-21(35)14-42-23)29(49)47(30(41)45-34)25(15-51-31(50)46-33(5,6)28(39)40)18-7-9-22(36)24(13-18)48-27(26(37)38)43-16-44-48/h7-14,16,25-26,28H,1,15H2,2-6H3,(H2,41,45)(H,46,50)/t25-,34-/m1/s1. The number of nitrogens with two attached hydrogens (primary N) is 1. The summed E-state index contributed by atoms with van der Waals surface area (Å²) in [5.74, 6) is -1.66. The predicted octanol–water partition coefficient (Wildman–Crippen LogP) is 7.63. The van der Waals surface area contributed by atoms with Crippen molar-refractivity contribution in [1.29, 1.82) is 0 Å². The quantitative estimate of drug-likeness (QED) is 0.124. The Kier molecular flexibility index (Phi) is 10.2. The van der Waals surface area contributed by atoms with Crippen LogP contribution in [0.15, 0.2) is 76.6 Å². The molecule has 1 aliphatic heterocycles. The molecule has 0 radical (unpaired) electrons. The molecule has 51 heavy (non-hydrogen) atoms. The average molecular weight is 794 g/mol. The number of alkyl halides is 4. The Labute approximate surface area is 304 Å². The third-order valence-electron chi connectivity index (χ3n) is 8.47. The van der Waals surface area contributed by atoms with E-state index in [4.69, 9.17) is 27.1 Å². The van der Waals surface area contributed by atoms with Gasteiger partial charge in [-0.25, -0.2) is 37.0 Å². The highest BCUT2D eigenvalue weighted by Gasteiger charge is 2.55. The van der Waals surface area contributed by atoms with Crippen LogP contribution in [0.4, 0.5) is 22.4 Å². The fourth-order valence-corrected chi connectivity index (χ4v) is 6.14. The smallest absolute Gasteiger partial charge is 0.407 e. The molecule has 3 N–H and O–H groups in total. The minimum absolute atomic E-state index is 0.00280. The molecule has 0 saturated heterocycles. The van der Waals surface area contributed by atoms with Gasteiger partial charge in [-0.2, -0.15) is 5.10 Å². The van der Waals surface area contributed by atoms with Crippen LogP contribution in [0.2, 0.25) is 5.02 Å². The summed E-state index contributed by atoms with van der Waals surface area (Å²) >= 11 is 9.87. The average Bonchev–Trinajstić information content (AvgIpc) is 3.64. The Hall–Kier alpha value is -4.57. The fraction of sp³-hybridized carbons (Fsp3) is 0.353. The molecule has 2 aromatic heterocycles. The Morgan fingerprint density at radius 3 is 2.45 bits per heavy atom. The van der Waals surface area contributed by atoms with Gasteiger partial charge >= 0.3 is 6.09 Å². The number of halogens is 6. The second-order valence-corrected chi connectivity index (χ2v) is 14.8. The summed E-state index contributed by atoms with van der Waals surface area (Å²) in [4.78, 5) is 41.8. The maximum atomic E-state index is 15.1. The van der Waals surface area contributed by atoms with Crippen LogP contribution in [-0.4, -0.2) is 61.2 Å². The Balaban J connectivity index is 1.66.